The molecule has 28 heavy (non-hydrogen) atoms. The maximum atomic E-state index is 6.17. The van der Waals surface area contributed by atoms with Crippen molar-refractivity contribution >= 4 is 5.96 Å². The molecule has 2 aliphatic rings. The molecule has 8 nitrogen and oxygen atoms in total. The second-order valence-corrected chi connectivity index (χ2v) is 7.94. The number of hydrogen-bond acceptors (Lipinski definition) is 5. The van der Waals surface area contributed by atoms with Crippen molar-refractivity contribution in [1.29, 1.82) is 0 Å². The molecular weight excluding hydrogens is 356 g/mol. The summed E-state index contributed by atoms with van der Waals surface area (Å²) in [7, 11) is 1.98. The zero-order valence-corrected chi connectivity index (χ0v) is 17.7. The molecule has 1 aromatic heterocycles. The first kappa shape index (κ1) is 21.0. The van der Waals surface area contributed by atoms with Crippen LogP contribution < -0.4 is 10.6 Å². The molecule has 0 aromatic carbocycles. The van der Waals surface area contributed by atoms with Gasteiger partial charge in [0.2, 0.25) is 0 Å². The summed E-state index contributed by atoms with van der Waals surface area (Å²) >= 11 is 0. The van der Waals surface area contributed by atoms with Gasteiger partial charge in [0.25, 0.3) is 0 Å². The molecule has 1 aliphatic carbocycles. The highest BCUT2D eigenvalue weighted by Gasteiger charge is 2.40. The van der Waals surface area contributed by atoms with Crippen molar-refractivity contribution in [3.8, 4) is 0 Å². The van der Waals surface area contributed by atoms with Crippen molar-refractivity contribution in [3.63, 3.8) is 0 Å². The zero-order valence-electron chi connectivity index (χ0n) is 17.7. The first-order valence-corrected chi connectivity index (χ1v) is 10.7. The summed E-state index contributed by atoms with van der Waals surface area (Å²) in [6.07, 6.45) is 7.99. The van der Waals surface area contributed by atoms with Crippen LogP contribution >= 0.6 is 0 Å². The Morgan fingerprint density at radius 1 is 1.36 bits per heavy atom. The summed E-state index contributed by atoms with van der Waals surface area (Å²) in [6.45, 7) is 7.67. The molecule has 1 aromatic rings. The lowest BCUT2D eigenvalue weighted by molar-refractivity contribution is -0.0815. The van der Waals surface area contributed by atoms with Crippen molar-refractivity contribution in [2.24, 2.45) is 12.0 Å². The molecule has 1 unspecified atom stereocenters. The van der Waals surface area contributed by atoms with Crippen LogP contribution in [-0.4, -0.2) is 58.7 Å². The van der Waals surface area contributed by atoms with Crippen molar-refractivity contribution < 1.29 is 9.47 Å². The molecule has 2 fully saturated rings. The van der Waals surface area contributed by atoms with Crippen LogP contribution in [0.15, 0.2) is 4.99 Å². The van der Waals surface area contributed by atoms with Gasteiger partial charge in [-0.3, -0.25) is 0 Å². The van der Waals surface area contributed by atoms with Crippen LogP contribution in [-0.2, 0) is 23.1 Å². The largest absolute Gasteiger partial charge is 0.382 e. The van der Waals surface area contributed by atoms with Crippen molar-refractivity contribution in [2.45, 2.75) is 77.0 Å². The molecule has 2 heterocycles. The van der Waals surface area contributed by atoms with Gasteiger partial charge in [-0.15, -0.1) is 10.2 Å². The summed E-state index contributed by atoms with van der Waals surface area (Å²) in [5.74, 6) is 2.61. The lowest BCUT2D eigenvalue weighted by Gasteiger charge is -2.39. The van der Waals surface area contributed by atoms with Gasteiger partial charge in [0, 0.05) is 39.5 Å². The van der Waals surface area contributed by atoms with Gasteiger partial charge >= 0.3 is 0 Å². The monoisotopic (exact) mass is 392 g/mol. The predicted octanol–water partition coefficient (Wildman–Crippen LogP) is 2.08. The van der Waals surface area contributed by atoms with E-state index < -0.39 is 0 Å². The summed E-state index contributed by atoms with van der Waals surface area (Å²) < 4.78 is 13.6. The van der Waals surface area contributed by atoms with Crippen LogP contribution in [0.3, 0.4) is 0 Å². The molecule has 158 valence electrons. The third kappa shape index (κ3) is 5.67. The normalized spacial score (nSPS) is 22.0. The Bertz CT molecular complexity index is 639. The number of ether oxygens (including phenoxy) is 2. The predicted molar refractivity (Wildman–Crippen MR) is 109 cm³/mol. The first-order chi connectivity index (χ1) is 13.6. The average Bonchev–Trinajstić information content (AvgIpc) is 3.26. The number of nitrogens with one attached hydrogen (secondary N) is 2. The maximum Gasteiger partial charge on any atom is 0.191 e. The van der Waals surface area contributed by atoms with E-state index in [1.54, 1.807) is 0 Å². The van der Waals surface area contributed by atoms with Crippen molar-refractivity contribution in [1.82, 2.24) is 25.4 Å². The van der Waals surface area contributed by atoms with E-state index in [1.807, 2.05) is 25.5 Å². The van der Waals surface area contributed by atoms with E-state index in [2.05, 4.69) is 20.8 Å². The third-order valence-corrected chi connectivity index (χ3v) is 5.87. The number of rotatable bonds is 8. The van der Waals surface area contributed by atoms with Gasteiger partial charge < -0.3 is 24.7 Å². The third-order valence-electron chi connectivity index (χ3n) is 5.87. The number of nitrogens with zero attached hydrogens (tertiary/aromatic N) is 4. The molecule has 8 heteroatoms. The fourth-order valence-corrected chi connectivity index (χ4v) is 4.13. The van der Waals surface area contributed by atoms with Gasteiger partial charge in [-0.25, -0.2) is 4.99 Å². The Labute approximate surface area is 168 Å². The molecule has 1 saturated carbocycles. The molecular formula is C20H36N6O2. The second kappa shape index (κ2) is 10.2. The molecule has 0 amide bonds. The number of aromatic nitrogens is 3. The van der Waals surface area contributed by atoms with E-state index in [0.717, 1.165) is 63.2 Å². The SMILES string of the molecule is CCOCCCNC(=NCc1nnc(C)n1C)NC1CCOC2(CCCC2)C1. The standard InChI is InChI=1S/C20H36N6O2/c1-4-27-12-7-11-21-19(22-15-18-25-24-16(2)26(18)3)23-17-8-13-28-20(14-17)9-5-6-10-20/h17H,4-15H2,1-3H3,(H2,21,22,23). The Morgan fingerprint density at radius 2 is 2.18 bits per heavy atom. The minimum atomic E-state index is 0.0939. The number of aliphatic imine (C=N–C) groups is 1. The van der Waals surface area contributed by atoms with Gasteiger partial charge in [-0.2, -0.15) is 0 Å². The molecule has 1 saturated heterocycles. The first-order valence-electron chi connectivity index (χ1n) is 10.7. The fraction of sp³-hybridized carbons (Fsp3) is 0.850. The summed E-state index contributed by atoms with van der Waals surface area (Å²) in [6, 6.07) is 0.395. The van der Waals surface area contributed by atoms with Gasteiger partial charge in [-0.05, 0) is 46.0 Å². The van der Waals surface area contributed by atoms with E-state index >= 15 is 0 Å². The molecule has 0 bridgehead atoms. The second-order valence-electron chi connectivity index (χ2n) is 7.94. The van der Waals surface area contributed by atoms with Crippen LogP contribution in [0.1, 0.15) is 63.5 Å². The van der Waals surface area contributed by atoms with Gasteiger partial charge in [0.1, 0.15) is 12.4 Å². The Hall–Kier alpha value is -1.67. The van der Waals surface area contributed by atoms with Crippen LogP contribution in [0.25, 0.3) is 0 Å². The number of hydrogen-bond donors (Lipinski definition) is 2. The van der Waals surface area contributed by atoms with E-state index in [0.29, 0.717) is 12.6 Å². The average molecular weight is 393 g/mol. The van der Waals surface area contributed by atoms with E-state index in [4.69, 9.17) is 14.5 Å². The maximum absolute atomic E-state index is 6.17. The Balaban J connectivity index is 1.59. The molecule has 2 N–H and O–H groups in total. The van der Waals surface area contributed by atoms with Crippen LogP contribution in [0.5, 0.6) is 0 Å². The van der Waals surface area contributed by atoms with Crippen LogP contribution in [0.4, 0.5) is 0 Å². The van der Waals surface area contributed by atoms with Crippen LogP contribution in [0, 0.1) is 6.92 Å². The molecule has 1 atom stereocenters. The number of guanidine groups is 1. The number of aryl methyl sites for hydroxylation is 1. The zero-order chi connectivity index (χ0) is 19.8. The molecule has 3 rings (SSSR count). The van der Waals surface area contributed by atoms with E-state index in [-0.39, 0.29) is 5.60 Å². The summed E-state index contributed by atoms with van der Waals surface area (Å²) in [5.41, 5.74) is 0.0939. The highest BCUT2D eigenvalue weighted by Crippen LogP contribution is 2.39. The Morgan fingerprint density at radius 3 is 2.89 bits per heavy atom. The quantitative estimate of drug-likeness (QED) is 0.400. The topological polar surface area (TPSA) is 85.6 Å². The lowest BCUT2D eigenvalue weighted by atomic mass is 9.89. The van der Waals surface area contributed by atoms with Gasteiger partial charge in [0.15, 0.2) is 11.8 Å². The smallest absolute Gasteiger partial charge is 0.191 e. The molecule has 1 aliphatic heterocycles. The van der Waals surface area contributed by atoms with Crippen molar-refractivity contribution in [3.05, 3.63) is 11.6 Å². The minimum absolute atomic E-state index is 0.0939. The molecule has 1 spiro atoms. The van der Waals surface area contributed by atoms with Crippen molar-refractivity contribution in [2.75, 3.05) is 26.4 Å². The highest BCUT2D eigenvalue weighted by atomic mass is 16.5. The van der Waals surface area contributed by atoms with Crippen LogP contribution in [0.2, 0.25) is 0 Å². The summed E-state index contributed by atoms with van der Waals surface area (Å²) in [5, 5.41) is 15.5. The fourth-order valence-electron chi connectivity index (χ4n) is 4.13. The molecule has 0 radical (unpaired) electrons. The summed E-state index contributed by atoms with van der Waals surface area (Å²) in [4.78, 5) is 4.78. The lowest BCUT2D eigenvalue weighted by Crippen LogP contribution is -2.50. The Kier molecular flexibility index (Phi) is 7.67. The van der Waals surface area contributed by atoms with Gasteiger partial charge in [-0.1, -0.05) is 12.8 Å². The highest BCUT2D eigenvalue weighted by molar-refractivity contribution is 5.80. The van der Waals surface area contributed by atoms with E-state index in [9.17, 15) is 0 Å². The minimum Gasteiger partial charge on any atom is -0.382 e. The van der Waals surface area contributed by atoms with E-state index in [1.165, 1.54) is 25.7 Å². The van der Waals surface area contributed by atoms with Gasteiger partial charge in [0.05, 0.1) is 5.60 Å².